The van der Waals surface area contributed by atoms with Crippen LogP contribution in [0.25, 0.3) is 0 Å². The Morgan fingerprint density at radius 1 is 1.47 bits per heavy atom. The molecule has 1 aromatic carbocycles. The average Bonchev–Trinajstić information content (AvgIpc) is 2.26. The van der Waals surface area contributed by atoms with Gasteiger partial charge in [0, 0.05) is 24.2 Å². The maximum Gasteiger partial charge on any atom is 0.165 e. The number of allylic oxidation sites excluding steroid dienone is 1. The van der Waals surface area contributed by atoms with E-state index in [0.717, 1.165) is 5.69 Å². The maximum absolute atomic E-state index is 13.0. The van der Waals surface area contributed by atoms with Crippen molar-refractivity contribution in [2.24, 2.45) is 0 Å². The van der Waals surface area contributed by atoms with E-state index in [-0.39, 0.29) is 11.6 Å². The molecule has 0 unspecified atom stereocenters. The topological polar surface area (TPSA) is 21.3 Å². The summed E-state index contributed by atoms with van der Waals surface area (Å²) in [6.45, 7) is 0.654. The number of nitrogens with one attached hydrogen (secondary N) is 1. The third-order valence-electron chi connectivity index (χ3n) is 1.83. The Balaban J connectivity index is 2.58. The smallest absolute Gasteiger partial charge is 0.165 e. The van der Waals surface area contributed by atoms with Crippen molar-refractivity contribution in [3.05, 3.63) is 36.2 Å². The van der Waals surface area contributed by atoms with E-state index in [1.165, 1.54) is 13.2 Å². The lowest BCUT2D eigenvalue weighted by molar-refractivity contribution is 0.387. The van der Waals surface area contributed by atoms with Gasteiger partial charge >= 0.3 is 0 Å². The third kappa shape index (κ3) is 3.80. The molecule has 0 atom stereocenters. The molecular formula is C11H13ClFNO. The van der Waals surface area contributed by atoms with Crippen LogP contribution in [-0.2, 0) is 0 Å². The molecule has 1 rings (SSSR count). The van der Waals surface area contributed by atoms with Crippen LogP contribution in [0, 0.1) is 5.82 Å². The molecule has 0 amide bonds. The lowest BCUT2D eigenvalue weighted by Crippen LogP contribution is -1.99. The number of hydrogen-bond donors (Lipinski definition) is 1. The second-order valence-electron chi connectivity index (χ2n) is 2.86. The monoisotopic (exact) mass is 229 g/mol. The van der Waals surface area contributed by atoms with Gasteiger partial charge in [-0.05, 0) is 12.1 Å². The van der Waals surface area contributed by atoms with Gasteiger partial charge < -0.3 is 10.1 Å². The van der Waals surface area contributed by atoms with Gasteiger partial charge in [-0.25, -0.2) is 4.39 Å². The first-order valence-electron chi connectivity index (χ1n) is 4.56. The second kappa shape index (κ2) is 6.30. The highest BCUT2D eigenvalue weighted by Crippen LogP contribution is 2.21. The summed E-state index contributed by atoms with van der Waals surface area (Å²) in [5, 5.41) is 3.09. The van der Waals surface area contributed by atoms with Crippen LogP contribution in [0.1, 0.15) is 0 Å². The van der Waals surface area contributed by atoms with Gasteiger partial charge in [0.15, 0.2) is 11.6 Å². The summed E-state index contributed by atoms with van der Waals surface area (Å²) in [4.78, 5) is 0. The normalized spacial score (nSPS) is 10.6. The molecule has 0 aliphatic rings. The Morgan fingerprint density at radius 2 is 2.27 bits per heavy atom. The predicted octanol–water partition coefficient (Wildman–Crippen LogP) is 3.04. The molecule has 0 saturated carbocycles. The van der Waals surface area contributed by atoms with Crippen molar-refractivity contribution in [3.63, 3.8) is 0 Å². The first-order valence-corrected chi connectivity index (χ1v) is 5.09. The Morgan fingerprint density at radius 3 is 2.93 bits per heavy atom. The largest absolute Gasteiger partial charge is 0.494 e. The Kier molecular flexibility index (Phi) is 4.98. The molecule has 1 N–H and O–H groups in total. The number of halogens is 2. The van der Waals surface area contributed by atoms with Crippen molar-refractivity contribution >= 4 is 17.3 Å². The second-order valence-corrected chi connectivity index (χ2v) is 3.16. The summed E-state index contributed by atoms with van der Waals surface area (Å²) in [5.41, 5.74) is 0.812. The molecular weight excluding hydrogens is 217 g/mol. The molecule has 15 heavy (non-hydrogen) atoms. The van der Waals surface area contributed by atoms with Crippen LogP contribution >= 0.6 is 11.6 Å². The Labute approximate surface area is 93.7 Å². The number of benzene rings is 1. The summed E-state index contributed by atoms with van der Waals surface area (Å²) < 4.78 is 17.9. The quantitative estimate of drug-likeness (QED) is 0.619. The van der Waals surface area contributed by atoms with Crippen LogP contribution in [0.2, 0.25) is 0 Å². The highest BCUT2D eigenvalue weighted by molar-refractivity contribution is 6.18. The van der Waals surface area contributed by atoms with Gasteiger partial charge in [-0.1, -0.05) is 12.2 Å². The van der Waals surface area contributed by atoms with Gasteiger partial charge in [-0.3, -0.25) is 0 Å². The molecule has 0 heterocycles. The maximum atomic E-state index is 13.0. The van der Waals surface area contributed by atoms with E-state index < -0.39 is 0 Å². The molecule has 0 spiro atoms. The van der Waals surface area contributed by atoms with Crippen LogP contribution in [0.15, 0.2) is 30.4 Å². The SMILES string of the molecule is COc1cc(NC/C=C/CCl)ccc1F. The van der Waals surface area contributed by atoms with E-state index in [0.29, 0.717) is 12.4 Å². The van der Waals surface area contributed by atoms with Crippen molar-refractivity contribution in [1.82, 2.24) is 0 Å². The zero-order chi connectivity index (χ0) is 11.1. The van der Waals surface area contributed by atoms with Gasteiger partial charge in [0.25, 0.3) is 0 Å². The fraction of sp³-hybridized carbons (Fsp3) is 0.273. The van der Waals surface area contributed by atoms with Gasteiger partial charge in [-0.2, -0.15) is 0 Å². The van der Waals surface area contributed by atoms with Crippen LogP contribution in [-0.4, -0.2) is 19.5 Å². The molecule has 4 heteroatoms. The highest BCUT2D eigenvalue weighted by atomic mass is 35.5. The first kappa shape index (κ1) is 11.9. The van der Waals surface area contributed by atoms with Crippen molar-refractivity contribution in [1.29, 1.82) is 0 Å². The fourth-order valence-electron chi connectivity index (χ4n) is 1.09. The molecule has 0 aromatic heterocycles. The summed E-state index contributed by atoms with van der Waals surface area (Å²) in [6, 6.07) is 4.64. The van der Waals surface area contributed by atoms with Gasteiger partial charge in [0.05, 0.1) is 7.11 Å². The first-order chi connectivity index (χ1) is 7.27. The molecule has 1 aromatic rings. The zero-order valence-corrected chi connectivity index (χ0v) is 9.22. The summed E-state index contributed by atoms with van der Waals surface area (Å²) in [5.74, 6) is 0.370. The molecule has 82 valence electrons. The number of methoxy groups -OCH3 is 1. The number of ether oxygens (including phenoxy) is 1. The van der Waals surface area contributed by atoms with E-state index in [2.05, 4.69) is 5.32 Å². The number of rotatable bonds is 5. The summed E-state index contributed by atoms with van der Waals surface area (Å²) >= 11 is 5.47. The zero-order valence-electron chi connectivity index (χ0n) is 8.47. The standard InChI is InChI=1S/C11H13ClFNO/c1-15-11-8-9(4-5-10(11)13)14-7-3-2-6-12/h2-5,8,14H,6-7H2,1H3/b3-2+. The molecule has 0 aliphatic heterocycles. The lowest BCUT2D eigenvalue weighted by Gasteiger charge is -2.06. The number of anilines is 1. The Bertz CT molecular complexity index is 341. The van der Waals surface area contributed by atoms with Crippen LogP contribution in [0.5, 0.6) is 5.75 Å². The Hall–Kier alpha value is -1.22. The van der Waals surface area contributed by atoms with Crippen LogP contribution in [0.4, 0.5) is 10.1 Å². The fourth-order valence-corrected chi connectivity index (χ4v) is 1.22. The summed E-state index contributed by atoms with van der Waals surface area (Å²) in [6.07, 6.45) is 3.75. The van der Waals surface area contributed by atoms with E-state index in [1.807, 2.05) is 12.2 Å². The molecule has 2 nitrogen and oxygen atoms in total. The van der Waals surface area contributed by atoms with Crippen molar-refractivity contribution in [2.45, 2.75) is 0 Å². The molecule has 0 radical (unpaired) electrons. The van der Waals surface area contributed by atoms with E-state index in [4.69, 9.17) is 16.3 Å². The highest BCUT2D eigenvalue weighted by Gasteiger charge is 2.01. The van der Waals surface area contributed by atoms with Crippen LogP contribution < -0.4 is 10.1 Å². The van der Waals surface area contributed by atoms with Gasteiger partial charge in [-0.15, -0.1) is 11.6 Å². The molecule has 0 bridgehead atoms. The number of alkyl halides is 1. The molecule has 0 fully saturated rings. The predicted molar refractivity (Wildman–Crippen MR) is 61.3 cm³/mol. The summed E-state index contributed by atoms with van der Waals surface area (Å²) in [7, 11) is 1.44. The minimum absolute atomic E-state index is 0.237. The number of hydrogen-bond acceptors (Lipinski definition) is 2. The average molecular weight is 230 g/mol. The van der Waals surface area contributed by atoms with Crippen molar-refractivity contribution in [3.8, 4) is 5.75 Å². The van der Waals surface area contributed by atoms with E-state index >= 15 is 0 Å². The molecule has 0 saturated heterocycles. The lowest BCUT2D eigenvalue weighted by atomic mass is 10.3. The van der Waals surface area contributed by atoms with Gasteiger partial charge in [0.2, 0.25) is 0 Å². The van der Waals surface area contributed by atoms with Crippen molar-refractivity contribution < 1.29 is 9.13 Å². The van der Waals surface area contributed by atoms with Crippen LogP contribution in [0.3, 0.4) is 0 Å². The third-order valence-corrected chi connectivity index (χ3v) is 2.01. The minimum Gasteiger partial charge on any atom is -0.494 e. The van der Waals surface area contributed by atoms with Gasteiger partial charge in [0.1, 0.15) is 0 Å². The molecule has 0 aliphatic carbocycles. The minimum atomic E-state index is -0.362. The van der Waals surface area contributed by atoms with Crippen molar-refractivity contribution in [2.75, 3.05) is 24.9 Å². The van der Waals surface area contributed by atoms with E-state index in [1.54, 1.807) is 12.1 Å². The van der Waals surface area contributed by atoms with E-state index in [9.17, 15) is 4.39 Å².